The number of aromatic nitrogens is 1. The normalized spacial score (nSPS) is 11.9. The van der Waals surface area contributed by atoms with Crippen molar-refractivity contribution in [2.45, 2.75) is 25.9 Å². The van der Waals surface area contributed by atoms with Crippen molar-refractivity contribution in [1.29, 1.82) is 0 Å². The van der Waals surface area contributed by atoms with E-state index in [1.807, 2.05) is 6.92 Å². The van der Waals surface area contributed by atoms with Crippen LogP contribution in [-0.4, -0.2) is 56.3 Å². The average Bonchev–Trinajstić information content (AvgIpc) is 3.27. The van der Waals surface area contributed by atoms with E-state index >= 15 is 0 Å². The molecular formula is C20H30N6O6. The fourth-order valence-electron chi connectivity index (χ4n) is 3.02. The average molecular weight is 450 g/mol. The van der Waals surface area contributed by atoms with Gasteiger partial charge in [0.2, 0.25) is 24.0 Å². The number of carbonyl (C=O) groups is 3. The SMILES string of the molecule is CCn1cc(C(=O)N[C@@H](CC(N)=O)C(=O)NC)c(=O)c2cc3c(cc21)OCO3.CN.CN. The van der Waals surface area contributed by atoms with E-state index in [4.69, 9.17) is 15.2 Å². The highest BCUT2D eigenvalue weighted by molar-refractivity contribution is 6.01. The van der Waals surface area contributed by atoms with E-state index in [9.17, 15) is 19.2 Å². The van der Waals surface area contributed by atoms with Gasteiger partial charge in [-0.25, -0.2) is 0 Å². The maximum Gasteiger partial charge on any atom is 0.257 e. The minimum absolute atomic E-state index is 0.0558. The van der Waals surface area contributed by atoms with Crippen molar-refractivity contribution in [3.05, 3.63) is 34.1 Å². The van der Waals surface area contributed by atoms with Crippen LogP contribution in [0.1, 0.15) is 23.7 Å². The molecule has 3 rings (SSSR count). The fraction of sp³-hybridized carbons (Fsp3) is 0.400. The zero-order chi connectivity index (χ0) is 24.4. The summed E-state index contributed by atoms with van der Waals surface area (Å²) in [5, 5.41) is 5.03. The number of primary amides is 1. The Morgan fingerprint density at radius 2 is 1.72 bits per heavy atom. The predicted octanol–water partition coefficient (Wildman–Crippen LogP) is -1.38. The van der Waals surface area contributed by atoms with Crippen molar-refractivity contribution >= 4 is 28.6 Å². The van der Waals surface area contributed by atoms with Gasteiger partial charge >= 0.3 is 0 Å². The molecule has 3 amide bonds. The predicted molar refractivity (Wildman–Crippen MR) is 119 cm³/mol. The number of fused-ring (bicyclic) bond motifs is 2. The second-order valence-corrected chi connectivity index (χ2v) is 6.19. The lowest BCUT2D eigenvalue weighted by Gasteiger charge is -2.17. The van der Waals surface area contributed by atoms with Crippen LogP contribution in [0.4, 0.5) is 0 Å². The zero-order valence-corrected chi connectivity index (χ0v) is 18.6. The molecule has 12 nitrogen and oxygen atoms in total. The number of ether oxygens (including phenoxy) is 2. The standard InChI is InChI=1S/C18H20N4O6.2CH5N/c1-3-22-7-10(17(25)21-11(5-15(19)23)18(26)20-2)16(24)9-4-13-14(6-12(9)22)28-8-27-13;2*1-2/h4,6-7,11H,3,5,8H2,1-2H3,(H2,19,23)(H,20,26)(H,21,25);2*2H2,1H3/t11-;;/m0../s1. The van der Waals surface area contributed by atoms with Crippen LogP contribution in [0.5, 0.6) is 11.5 Å². The van der Waals surface area contributed by atoms with Gasteiger partial charge in [0, 0.05) is 25.9 Å². The number of likely N-dealkylation sites (N-methyl/N-ethyl adjacent to an activating group) is 1. The maximum absolute atomic E-state index is 12.9. The van der Waals surface area contributed by atoms with Gasteiger partial charge in [0.05, 0.1) is 17.3 Å². The molecule has 1 aromatic carbocycles. The van der Waals surface area contributed by atoms with E-state index in [0.717, 1.165) is 0 Å². The number of benzene rings is 1. The van der Waals surface area contributed by atoms with Crippen molar-refractivity contribution < 1.29 is 23.9 Å². The number of carbonyl (C=O) groups excluding carboxylic acids is 3. The van der Waals surface area contributed by atoms with Crippen molar-refractivity contribution in [2.75, 3.05) is 27.9 Å². The molecule has 1 aromatic heterocycles. The number of nitrogens with one attached hydrogen (secondary N) is 2. The van der Waals surface area contributed by atoms with Gasteiger partial charge in [-0.2, -0.15) is 0 Å². The van der Waals surface area contributed by atoms with E-state index < -0.39 is 29.2 Å². The van der Waals surface area contributed by atoms with Gasteiger partial charge < -0.3 is 41.9 Å². The molecule has 1 aliphatic rings. The second-order valence-electron chi connectivity index (χ2n) is 6.19. The Balaban J connectivity index is 0.00000121. The molecule has 0 spiro atoms. The van der Waals surface area contributed by atoms with Crippen LogP contribution in [0.2, 0.25) is 0 Å². The lowest BCUT2D eigenvalue weighted by Crippen LogP contribution is -2.48. The molecule has 0 saturated heterocycles. The van der Waals surface area contributed by atoms with Gasteiger partial charge in [-0.3, -0.25) is 19.2 Å². The summed E-state index contributed by atoms with van der Waals surface area (Å²) in [6.07, 6.45) is 1.02. The maximum atomic E-state index is 12.9. The van der Waals surface area contributed by atoms with Gasteiger partial charge in [-0.15, -0.1) is 0 Å². The molecule has 1 aliphatic heterocycles. The minimum Gasteiger partial charge on any atom is -0.454 e. The van der Waals surface area contributed by atoms with Crippen molar-refractivity contribution in [1.82, 2.24) is 15.2 Å². The summed E-state index contributed by atoms with van der Waals surface area (Å²) in [6.45, 7) is 2.40. The van der Waals surface area contributed by atoms with Gasteiger partial charge in [0.15, 0.2) is 11.5 Å². The summed E-state index contributed by atoms with van der Waals surface area (Å²) < 4.78 is 12.4. The number of nitrogens with zero attached hydrogens (tertiary/aromatic N) is 1. The number of nitrogens with two attached hydrogens (primary N) is 3. The molecule has 2 aromatic rings. The van der Waals surface area contributed by atoms with E-state index in [0.29, 0.717) is 23.6 Å². The molecule has 0 bridgehead atoms. The third-order valence-electron chi connectivity index (χ3n) is 4.43. The van der Waals surface area contributed by atoms with Crippen LogP contribution >= 0.6 is 0 Å². The Bertz CT molecular complexity index is 1040. The monoisotopic (exact) mass is 450 g/mol. The zero-order valence-electron chi connectivity index (χ0n) is 18.6. The topological polar surface area (TPSA) is 194 Å². The lowest BCUT2D eigenvalue weighted by molar-refractivity contribution is -0.126. The van der Waals surface area contributed by atoms with Crippen molar-refractivity contribution in [3.8, 4) is 11.5 Å². The summed E-state index contributed by atoms with van der Waals surface area (Å²) >= 11 is 0. The molecule has 8 N–H and O–H groups in total. The molecule has 0 radical (unpaired) electrons. The molecule has 0 saturated carbocycles. The minimum atomic E-state index is -1.18. The van der Waals surface area contributed by atoms with Gasteiger partial charge in [0.25, 0.3) is 5.91 Å². The van der Waals surface area contributed by atoms with Crippen LogP contribution in [0.25, 0.3) is 10.9 Å². The van der Waals surface area contributed by atoms with Crippen molar-refractivity contribution in [2.24, 2.45) is 17.2 Å². The Morgan fingerprint density at radius 1 is 1.12 bits per heavy atom. The highest BCUT2D eigenvalue weighted by Gasteiger charge is 2.25. The summed E-state index contributed by atoms with van der Waals surface area (Å²) in [4.78, 5) is 48.7. The number of aryl methyl sites for hydroxylation is 1. The number of hydrogen-bond acceptors (Lipinski definition) is 8. The molecule has 12 heteroatoms. The fourth-order valence-corrected chi connectivity index (χ4v) is 3.02. The first-order valence-electron chi connectivity index (χ1n) is 9.78. The number of amides is 3. The van der Waals surface area contributed by atoms with Crippen LogP contribution in [0, 0.1) is 0 Å². The molecule has 2 heterocycles. The molecule has 0 fully saturated rings. The Hall–Kier alpha value is -3.64. The Labute approximate surface area is 185 Å². The number of pyridine rings is 1. The first kappa shape index (κ1) is 26.4. The number of rotatable bonds is 6. The first-order chi connectivity index (χ1) is 15.3. The Morgan fingerprint density at radius 3 is 2.25 bits per heavy atom. The molecule has 32 heavy (non-hydrogen) atoms. The number of hydrogen-bond donors (Lipinski definition) is 5. The summed E-state index contributed by atoms with van der Waals surface area (Å²) in [6, 6.07) is 2.03. The molecule has 0 aliphatic carbocycles. The molecule has 0 unspecified atom stereocenters. The lowest BCUT2D eigenvalue weighted by atomic mass is 10.1. The first-order valence-corrected chi connectivity index (χ1v) is 9.78. The third kappa shape index (κ3) is 5.74. The van der Waals surface area contributed by atoms with E-state index in [2.05, 4.69) is 22.1 Å². The van der Waals surface area contributed by atoms with Gasteiger partial charge in [-0.05, 0) is 27.1 Å². The Kier molecular flexibility index (Phi) is 10.1. The van der Waals surface area contributed by atoms with Crippen LogP contribution in [0.3, 0.4) is 0 Å². The molecular weight excluding hydrogens is 420 g/mol. The van der Waals surface area contributed by atoms with E-state index in [-0.39, 0.29) is 24.2 Å². The quantitative estimate of drug-likeness (QED) is 0.355. The molecule has 176 valence electrons. The molecule has 1 atom stereocenters. The van der Waals surface area contributed by atoms with Crippen LogP contribution in [0.15, 0.2) is 23.1 Å². The summed E-state index contributed by atoms with van der Waals surface area (Å²) in [5.41, 5.74) is 14.0. The van der Waals surface area contributed by atoms with Crippen LogP contribution in [-0.2, 0) is 16.1 Å². The smallest absolute Gasteiger partial charge is 0.257 e. The highest BCUT2D eigenvalue weighted by Crippen LogP contribution is 2.35. The van der Waals surface area contributed by atoms with E-state index in [1.54, 1.807) is 10.6 Å². The summed E-state index contributed by atoms with van der Waals surface area (Å²) in [5.74, 6) is -1.19. The highest BCUT2D eigenvalue weighted by atomic mass is 16.7. The van der Waals surface area contributed by atoms with E-state index in [1.165, 1.54) is 33.4 Å². The van der Waals surface area contributed by atoms with Crippen LogP contribution < -0.4 is 42.7 Å². The third-order valence-corrected chi connectivity index (χ3v) is 4.43. The van der Waals surface area contributed by atoms with Gasteiger partial charge in [0.1, 0.15) is 11.6 Å². The van der Waals surface area contributed by atoms with Crippen molar-refractivity contribution in [3.63, 3.8) is 0 Å². The largest absolute Gasteiger partial charge is 0.454 e. The second kappa shape index (κ2) is 12.3. The van der Waals surface area contributed by atoms with Gasteiger partial charge in [-0.1, -0.05) is 0 Å². The summed E-state index contributed by atoms with van der Waals surface area (Å²) in [7, 11) is 4.37.